The van der Waals surface area contributed by atoms with Crippen LogP contribution in [0.1, 0.15) is 25.8 Å². The molecule has 114 valence electrons. The van der Waals surface area contributed by atoms with Crippen LogP contribution in [0.5, 0.6) is 0 Å². The highest BCUT2D eigenvalue weighted by Gasteiger charge is 2.31. The maximum Gasteiger partial charge on any atom is 0.245 e. The van der Waals surface area contributed by atoms with E-state index in [1.165, 1.54) is 0 Å². The topological polar surface area (TPSA) is 49.4 Å². The molecule has 1 N–H and O–H groups in total. The molecule has 5 heteroatoms. The van der Waals surface area contributed by atoms with E-state index in [-0.39, 0.29) is 17.7 Å². The Morgan fingerprint density at radius 2 is 1.95 bits per heavy atom. The number of rotatable bonds is 4. The number of carbonyl (C=O) groups excluding carboxylic acids is 2. The fraction of sp³-hybridized carbons (Fsp3) is 0.500. The van der Waals surface area contributed by atoms with Crippen molar-refractivity contribution >= 4 is 23.4 Å². The van der Waals surface area contributed by atoms with Crippen molar-refractivity contribution < 1.29 is 9.59 Å². The Kier molecular flexibility index (Phi) is 5.23. The van der Waals surface area contributed by atoms with Gasteiger partial charge in [-0.25, -0.2) is 0 Å². The first-order chi connectivity index (χ1) is 9.97. The van der Waals surface area contributed by atoms with Crippen molar-refractivity contribution in [1.29, 1.82) is 0 Å². The van der Waals surface area contributed by atoms with Gasteiger partial charge in [0.05, 0.1) is 0 Å². The van der Waals surface area contributed by atoms with Crippen LogP contribution in [-0.4, -0.2) is 35.8 Å². The molecule has 0 bridgehead atoms. The van der Waals surface area contributed by atoms with Gasteiger partial charge in [0.2, 0.25) is 11.8 Å². The Balaban J connectivity index is 2.02. The fourth-order valence-corrected chi connectivity index (χ4v) is 2.57. The largest absolute Gasteiger partial charge is 0.344 e. The second-order valence-corrected chi connectivity index (χ2v) is 6.18. The van der Waals surface area contributed by atoms with Crippen LogP contribution in [0.4, 0.5) is 0 Å². The quantitative estimate of drug-likeness (QED) is 0.927. The summed E-state index contributed by atoms with van der Waals surface area (Å²) in [5, 5.41) is 3.52. The highest BCUT2D eigenvalue weighted by molar-refractivity contribution is 6.30. The van der Waals surface area contributed by atoms with E-state index in [1.807, 2.05) is 38.1 Å². The molecular weight excluding hydrogens is 288 g/mol. The third kappa shape index (κ3) is 4.21. The Bertz CT molecular complexity index is 514. The van der Waals surface area contributed by atoms with Gasteiger partial charge in [-0.3, -0.25) is 9.59 Å². The number of benzene rings is 1. The number of nitrogens with zero attached hydrogens (tertiary/aromatic N) is 1. The van der Waals surface area contributed by atoms with Crippen molar-refractivity contribution in [3.05, 3.63) is 34.9 Å². The lowest BCUT2D eigenvalue weighted by molar-refractivity contribution is -0.134. The number of carbonyl (C=O) groups is 2. The molecule has 1 unspecified atom stereocenters. The Labute approximate surface area is 130 Å². The van der Waals surface area contributed by atoms with Crippen molar-refractivity contribution in [1.82, 2.24) is 10.2 Å². The van der Waals surface area contributed by atoms with Gasteiger partial charge in [-0.15, -0.1) is 0 Å². The van der Waals surface area contributed by atoms with Crippen molar-refractivity contribution in [3.8, 4) is 0 Å². The van der Waals surface area contributed by atoms with Crippen molar-refractivity contribution in [2.45, 2.75) is 32.7 Å². The zero-order chi connectivity index (χ0) is 15.4. The monoisotopic (exact) mass is 308 g/mol. The van der Waals surface area contributed by atoms with Gasteiger partial charge in [-0.05, 0) is 30.0 Å². The summed E-state index contributed by atoms with van der Waals surface area (Å²) in [6.45, 7) is 5.01. The molecule has 1 aliphatic rings. The molecular formula is C16H21ClN2O2. The lowest BCUT2D eigenvalue weighted by Crippen LogP contribution is -2.48. The number of amides is 2. The van der Waals surface area contributed by atoms with E-state index in [9.17, 15) is 9.59 Å². The lowest BCUT2D eigenvalue weighted by atomic mass is 10.0. The third-order valence-corrected chi connectivity index (χ3v) is 4.01. The summed E-state index contributed by atoms with van der Waals surface area (Å²) < 4.78 is 0. The first-order valence-electron chi connectivity index (χ1n) is 7.30. The van der Waals surface area contributed by atoms with Crippen LogP contribution in [-0.2, 0) is 16.0 Å². The van der Waals surface area contributed by atoms with E-state index >= 15 is 0 Å². The van der Waals surface area contributed by atoms with E-state index in [0.29, 0.717) is 24.5 Å². The molecule has 21 heavy (non-hydrogen) atoms. The van der Waals surface area contributed by atoms with Gasteiger partial charge in [0.1, 0.15) is 6.04 Å². The minimum atomic E-state index is -0.412. The second-order valence-electron chi connectivity index (χ2n) is 5.74. The second kappa shape index (κ2) is 6.94. The number of hydrogen-bond acceptors (Lipinski definition) is 2. The normalized spacial score (nSPS) is 19.6. The van der Waals surface area contributed by atoms with E-state index in [2.05, 4.69) is 5.32 Å². The smallest absolute Gasteiger partial charge is 0.245 e. The average molecular weight is 309 g/mol. The van der Waals surface area contributed by atoms with Crippen molar-refractivity contribution in [3.63, 3.8) is 0 Å². The molecule has 1 aliphatic heterocycles. The van der Waals surface area contributed by atoms with Gasteiger partial charge in [-0.2, -0.15) is 0 Å². The molecule has 2 amide bonds. The highest BCUT2D eigenvalue weighted by atomic mass is 35.5. The van der Waals surface area contributed by atoms with Crippen LogP contribution >= 0.6 is 11.6 Å². The summed E-state index contributed by atoms with van der Waals surface area (Å²) in [4.78, 5) is 26.0. The molecule has 0 aliphatic carbocycles. The van der Waals surface area contributed by atoms with Crippen LogP contribution in [0.3, 0.4) is 0 Å². The van der Waals surface area contributed by atoms with E-state index in [1.54, 1.807) is 4.90 Å². The molecule has 1 atom stereocenters. The predicted octanol–water partition coefficient (Wildman–Crippen LogP) is 2.26. The minimum Gasteiger partial charge on any atom is -0.344 e. The van der Waals surface area contributed by atoms with Gasteiger partial charge in [0.15, 0.2) is 0 Å². The molecule has 0 spiro atoms. The molecule has 0 radical (unpaired) electrons. The molecule has 2 rings (SSSR count). The zero-order valence-corrected chi connectivity index (χ0v) is 13.2. The summed E-state index contributed by atoms with van der Waals surface area (Å²) in [5.41, 5.74) is 1.14. The highest BCUT2D eigenvalue weighted by Crippen LogP contribution is 2.14. The van der Waals surface area contributed by atoms with Crippen LogP contribution in [0.15, 0.2) is 24.3 Å². The van der Waals surface area contributed by atoms with Gasteiger partial charge in [-0.1, -0.05) is 37.6 Å². The van der Waals surface area contributed by atoms with Crippen LogP contribution < -0.4 is 5.32 Å². The third-order valence-electron chi connectivity index (χ3n) is 3.75. The first kappa shape index (κ1) is 15.8. The number of hydrogen-bond donors (Lipinski definition) is 1. The van der Waals surface area contributed by atoms with Gasteiger partial charge < -0.3 is 10.2 Å². The average Bonchev–Trinajstić information content (AvgIpc) is 2.59. The maximum atomic E-state index is 12.5. The first-order valence-corrected chi connectivity index (χ1v) is 7.68. The Hall–Kier alpha value is -1.55. The molecule has 1 saturated heterocycles. The SMILES string of the molecule is CC(C)C1NC(=O)CCN(CCc2ccc(Cl)cc2)C1=O. The van der Waals surface area contributed by atoms with Gasteiger partial charge >= 0.3 is 0 Å². The molecule has 1 fully saturated rings. The maximum absolute atomic E-state index is 12.5. The van der Waals surface area contributed by atoms with E-state index in [0.717, 1.165) is 12.0 Å². The Morgan fingerprint density at radius 1 is 1.29 bits per heavy atom. The van der Waals surface area contributed by atoms with Gasteiger partial charge in [0.25, 0.3) is 0 Å². The lowest BCUT2D eigenvalue weighted by Gasteiger charge is -2.26. The number of nitrogens with one attached hydrogen (secondary N) is 1. The fourth-order valence-electron chi connectivity index (χ4n) is 2.44. The Morgan fingerprint density at radius 3 is 2.57 bits per heavy atom. The summed E-state index contributed by atoms with van der Waals surface area (Å²) in [6, 6.07) is 7.22. The minimum absolute atomic E-state index is 0.0183. The van der Waals surface area contributed by atoms with Crippen molar-refractivity contribution in [2.75, 3.05) is 13.1 Å². The predicted molar refractivity (Wildman–Crippen MR) is 83.1 cm³/mol. The summed E-state index contributed by atoms with van der Waals surface area (Å²) in [5.74, 6) is 0.0680. The molecule has 1 aromatic rings. The van der Waals surface area contributed by atoms with Crippen molar-refractivity contribution in [2.24, 2.45) is 5.92 Å². The summed E-state index contributed by atoms with van der Waals surface area (Å²) in [6.07, 6.45) is 1.14. The molecule has 1 aromatic carbocycles. The van der Waals surface area contributed by atoms with Crippen LogP contribution in [0, 0.1) is 5.92 Å². The van der Waals surface area contributed by atoms with E-state index in [4.69, 9.17) is 11.6 Å². The molecule has 0 saturated carbocycles. The van der Waals surface area contributed by atoms with Crippen LogP contribution in [0.25, 0.3) is 0 Å². The standard InChI is InChI=1S/C16H21ClN2O2/c1-11(2)15-16(21)19(10-8-14(20)18-15)9-7-12-3-5-13(17)6-4-12/h3-6,11,15H,7-10H2,1-2H3,(H,18,20). The summed E-state index contributed by atoms with van der Waals surface area (Å²) >= 11 is 5.86. The van der Waals surface area contributed by atoms with E-state index < -0.39 is 6.04 Å². The summed E-state index contributed by atoms with van der Waals surface area (Å²) in [7, 11) is 0. The zero-order valence-electron chi connectivity index (χ0n) is 12.4. The molecule has 0 aromatic heterocycles. The van der Waals surface area contributed by atoms with Gasteiger partial charge in [0, 0.05) is 24.5 Å². The molecule has 4 nitrogen and oxygen atoms in total. The number of halogens is 1. The molecule has 1 heterocycles. The van der Waals surface area contributed by atoms with Crippen LogP contribution in [0.2, 0.25) is 5.02 Å².